The first kappa shape index (κ1) is 11.3. The SMILES string of the molecule is CCNc1nc2c(Cl)nc3ccccc3c2n1C. The molecule has 2 heterocycles. The summed E-state index contributed by atoms with van der Waals surface area (Å²) >= 11 is 6.21. The highest BCUT2D eigenvalue weighted by Gasteiger charge is 2.14. The fourth-order valence-electron chi connectivity index (χ4n) is 2.20. The molecule has 0 bridgehead atoms. The molecule has 3 aromatic rings. The molecular weight excluding hydrogens is 248 g/mol. The van der Waals surface area contributed by atoms with Crippen molar-refractivity contribution in [3.05, 3.63) is 29.4 Å². The molecule has 0 saturated heterocycles. The summed E-state index contributed by atoms with van der Waals surface area (Å²) < 4.78 is 2.02. The molecule has 0 atom stereocenters. The van der Waals surface area contributed by atoms with Crippen molar-refractivity contribution in [1.82, 2.24) is 14.5 Å². The fraction of sp³-hybridized carbons (Fsp3) is 0.231. The predicted octanol–water partition coefficient (Wildman–Crippen LogP) is 3.21. The normalized spacial score (nSPS) is 11.3. The van der Waals surface area contributed by atoms with Crippen LogP contribution < -0.4 is 5.32 Å². The Bertz CT molecular complexity index is 733. The molecule has 0 aliphatic carbocycles. The molecule has 0 saturated carbocycles. The molecule has 0 aliphatic rings. The summed E-state index contributed by atoms with van der Waals surface area (Å²) in [6.45, 7) is 2.86. The second-order valence-corrected chi connectivity index (χ2v) is 4.50. The van der Waals surface area contributed by atoms with Crippen molar-refractivity contribution in [3.8, 4) is 0 Å². The van der Waals surface area contributed by atoms with Gasteiger partial charge in [-0.15, -0.1) is 0 Å². The standard InChI is InChI=1S/C13H13ClN4/c1-3-15-13-17-10-11(18(13)2)8-6-4-5-7-9(8)16-12(10)14/h4-7H,3H2,1-2H3,(H,15,17). The molecule has 1 aromatic carbocycles. The number of aromatic nitrogens is 3. The molecule has 92 valence electrons. The quantitative estimate of drug-likeness (QED) is 0.720. The number of rotatable bonds is 2. The van der Waals surface area contributed by atoms with Crippen molar-refractivity contribution < 1.29 is 0 Å². The van der Waals surface area contributed by atoms with Crippen LogP contribution in [0, 0.1) is 0 Å². The number of imidazole rings is 1. The number of hydrogen-bond acceptors (Lipinski definition) is 3. The Kier molecular flexibility index (Phi) is 2.59. The van der Waals surface area contributed by atoms with E-state index >= 15 is 0 Å². The number of fused-ring (bicyclic) bond motifs is 3. The molecule has 0 radical (unpaired) electrons. The van der Waals surface area contributed by atoms with E-state index in [1.54, 1.807) is 0 Å². The maximum Gasteiger partial charge on any atom is 0.203 e. The van der Waals surface area contributed by atoms with E-state index in [9.17, 15) is 0 Å². The van der Waals surface area contributed by atoms with Crippen LogP contribution in [0.1, 0.15) is 6.92 Å². The molecule has 3 rings (SSSR count). The van der Waals surface area contributed by atoms with Crippen molar-refractivity contribution in [2.75, 3.05) is 11.9 Å². The molecule has 2 aromatic heterocycles. The minimum absolute atomic E-state index is 0.448. The average molecular weight is 261 g/mol. The molecule has 0 fully saturated rings. The second kappa shape index (κ2) is 4.14. The first-order chi connectivity index (χ1) is 8.72. The Morgan fingerprint density at radius 2 is 2.06 bits per heavy atom. The van der Waals surface area contributed by atoms with Gasteiger partial charge in [-0.1, -0.05) is 29.8 Å². The lowest BCUT2D eigenvalue weighted by atomic mass is 10.2. The topological polar surface area (TPSA) is 42.7 Å². The molecule has 0 unspecified atom stereocenters. The Hall–Kier alpha value is -1.81. The maximum atomic E-state index is 6.21. The van der Waals surface area contributed by atoms with Gasteiger partial charge in [-0.25, -0.2) is 9.97 Å². The van der Waals surface area contributed by atoms with Crippen LogP contribution in [0.3, 0.4) is 0 Å². The highest BCUT2D eigenvalue weighted by molar-refractivity contribution is 6.35. The number of anilines is 1. The van der Waals surface area contributed by atoms with E-state index in [0.717, 1.165) is 34.4 Å². The molecule has 5 heteroatoms. The summed E-state index contributed by atoms with van der Waals surface area (Å²) in [5.74, 6) is 0.813. The summed E-state index contributed by atoms with van der Waals surface area (Å²) in [6.07, 6.45) is 0. The number of pyridine rings is 1. The fourth-order valence-corrected chi connectivity index (χ4v) is 2.42. The van der Waals surface area contributed by atoms with Gasteiger partial charge in [0.2, 0.25) is 5.95 Å². The summed E-state index contributed by atoms with van der Waals surface area (Å²) in [5.41, 5.74) is 2.65. The van der Waals surface area contributed by atoms with Crippen LogP contribution >= 0.6 is 11.6 Å². The monoisotopic (exact) mass is 260 g/mol. The summed E-state index contributed by atoms with van der Waals surface area (Å²) in [4.78, 5) is 8.89. The number of aryl methyl sites for hydroxylation is 1. The van der Waals surface area contributed by atoms with Gasteiger partial charge in [0.25, 0.3) is 0 Å². The van der Waals surface area contributed by atoms with E-state index in [-0.39, 0.29) is 0 Å². The lowest BCUT2D eigenvalue weighted by Gasteiger charge is -2.04. The number of para-hydroxylation sites is 1. The van der Waals surface area contributed by atoms with Gasteiger partial charge >= 0.3 is 0 Å². The van der Waals surface area contributed by atoms with Crippen LogP contribution in [0.25, 0.3) is 21.9 Å². The first-order valence-electron chi connectivity index (χ1n) is 5.87. The molecule has 1 N–H and O–H groups in total. The zero-order chi connectivity index (χ0) is 12.7. The highest BCUT2D eigenvalue weighted by Crippen LogP contribution is 2.30. The Balaban J connectivity index is 2.47. The second-order valence-electron chi connectivity index (χ2n) is 4.14. The van der Waals surface area contributed by atoms with Crippen LogP contribution in [0.5, 0.6) is 0 Å². The summed E-state index contributed by atoms with van der Waals surface area (Å²) in [5, 5.41) is 4.74. The molecule has 0 amide bonds. The third-order valence-corrected chi connectivity index (χ3v) is 3.27. The number of nitrogens with zero attached hydrogens (tertiary/aromatic N) is 3. The van der Waals surface area contributed by atoms with Gasteiger partial charge in [0.1, 0.15) is 5.52 Å². The average Bonchev–Trinajstić information content (AvgIpc) is 2.69. The van der Waals surface area contributed by atoms with E-state index in [1.165, 1.54) is 0 Å². The van der Waals surface area contributed by atoms with E-state index in [1.807, 2.05) is 42.8 Å². The maximum absolute atomic E-state index is 6.21. The van der Waals surface area contributed by atoms with Gasteiger partial charge in [0, 0.05) is 19.0 Å². The van der Waals surface area contributed by atoms with Crippen molar-refractivity contribution in [2.45, 2.75) is 6.92 Å². The minimum atomic E-state index is 0.448. The van der Waals surface area contributed by atoms with E-state index in [2.05, 4.69) is 15.3 Å². The number of benzene rings is 1. The van der Waals surface area contributed by atoms with Gasteiger partial charge in [-0.05, 0) is 13.0 Å². The number of halogens is 1. The molecular formula is C13H13ClN4. The van der Waals surface area contributed by atoms with E-state index in [4.69, 9.17) is 11.6 Å². The molecule has 18 heavy (non-hydrogen) atoms. The number of nitrogens with one attached hydrogen (secondary N) is 1. The van der Waals surface area contributed by atoms with Gasteiger partial charge in [0.05, 0.1) is 11.0 Å². The van der Waals surface area contributed by atoms with Gasteiger partial charge < -0.3 is 9.88 Å². The first-order valence-corrected chi connectivity index (χ1v) is 6.24. The van der Waals surface area contributed by atoms with Crippen LogP contribution in [0.2, 0.25) is 5.15 Å². The Morgan fingerprint density at radius 1 is 1.28 bits per heavy atom. The zero-order valence-electron chi connectivity index (χ0n) is 10.2. The summed E-state index contributed by atoms with van der Waals surface area (Å²) in [6, 6.07) is 7.95. The van der Waals surface area contributed by atoms with Crippen molar-refractivity contribution in [2.24, 2.45) is 7.05 Å². The highest BCUT2D eigenvalue weighted by atomic mass is 35.5. The zero-order valence-corrected chi connectivity index (χ0v) is 11.0. The van der Waals surface area contributed by atoms with Crippen molar-refractivity contribution >= 4 is 39.5 Å². The third kappa shape index (κ3) is 1.53. The van der Waals surface area contributed by atoms with E-state index < -0.39 is 0 Å². The van der Waals surface area contributed by atoms with Crippen LogP contribution in [0.15, 0.2) is 24.3 Å². The lowest BCUT2D eigenvalue weighted by Crippen LogP contribution is -2.03. The number of hydrogen-bond donors (Lipinski definition) is 1. The Labute approximate surface area is 110 Å². The molecule has 0 aliphatic heterocycles. The largest absolute Gasteiger partial charge is 0.356 e. The lowest BCUT2D eigenvalue weighted by molar-refractivity contribution is 0.939. The van der Waals surface area contributed by atoms with Crippen molar-refractivity contribution in [3.63, 3.8) is 0 Å². The van der Waals surface area contributed by atoms with E-state index in [0.29, 0.717) is 5.15 Å². The summed E-state index contributed by atoms with van der Waals surface area (Å²) in [7, 11) is 1.98. The molecule has 4 nitrogen and oxygen atoms in total. The van der Waals surface area contributed by atoms with Gasteiger partial charge in [-0.3, -0.25) is 0 Å². The minimum Gasteiger partial charge on any atom is -0.356 e. The predicted molar refractivity (Wildman–Crippen MR) is 75.2 cm³/mol. The smallest absolute Gasteiger partial charge is 0.203 e. The Morgan fingerprint density at radius 3 is 2.83 bits per heavy atom. The molecule has 0 spiro atoms. The van der Waals surface area contributed by atoms with Gasteiger partial charge in [0.15, 0.2) is 5.15 Å². The van der Waals surface area contributed by atoms with Crippen LogP contribution in [0.4, 0.5) is 5.95 Å². The van der Waals surface area contributed by atoms with Crippen molar-refractivity contribution in [1.29, 1.82) is 0 Å². The van der Waals surface area contributed by atoms with Crippen LogP contribution in [-0.4, -0.2) is 21.1 Å². The van der Waals surface area contributed by atoms with Crippen LogP contribution in [-0.2, 0) is 7.05 Å². The van der Waals surface area contributed by atoms with Gasteiger partial charge in [-0.2, -0.15) is 0 Å². The third-order valence-electron chi connectivity index (χ3n) is 3.00.